The number of benzene rings is 2. The van der Waals surface area contributed by atoms with Crippen LogP contribution in [0.5, 0.6) is 0 Å². The second kappa shape index (κ2) is 20.6. The lowest BCUT2D eigenvalue weighted by Gasteiger charge is -2.76. The molecule has 2 aromatic carbocycles. The molecule has 14 nitrogen and oxygen atoms in total. The Labute approximate surface area is 496 Å². The van der Waals surface area contributed by atoms with E-state index in [-0.39, 0.29) is 38.3 Å². The van der Waals surface area contributed by atoms with E-state index >= 15 is 0 Å². The number of nitrogens with zero attached hydrogens (tertiary/aromatic N) is 10. The number of aromatic nitrogens is 6. The third-order valence-electron chi connectivity index (χ3n) is 20.6. The molecule has 16 rings (SSSR count). The summed E-state index contributed by atoms with van der Waals surface area (Å²) >= 11 is 2.13. The Morgan fingerprint density at radius 3 is 1.74 bits per heavy atom. The number of anilines is 2. The normalized spacial score (nSPS) is 25.4. The maximum atomic E-state index is 13.8. The van der Waals surface area contributed by atoms with E-state index in [1.807, 2.05) is 12.1 Å². The second-order valence-corrected chi connectivity index (χ2v) is 28.5. The zero-order chi connectivity index (χ0) is 59.0. The third-order valence-corrected chi connectivity index (χ3v) is 22.7. The minimum atomic E-state index is -4.35. The van der Waals surface area contributed by atoms with Crippen LogP contribution in [0.15, 0.2) is 54.9 Å². The fourth-order valence-corrected chi connectivity index (χ4v) is 18.2. The number of rotatable bonds is 18. The lowest BCUT2D eigenvalue weighted by molar-refractivity contribution is -0.230. The second-order valence-electron chi connectivity index (χ2n) is 26.2. The summed E-state index contributed by atoms with van der Waals surface area (Å²) in [5.74, 6) is 1.99. The summed E-state index contributed by atoms with van der Waals surface area (Å²) in [5, 5.41) is 35.0. The molecule has 8 aromatic rings. The number of fused-ring (bicyclic) bond motifs is 4. The molecular weight excluding hydrogens is 1130 g/mol. The fraction of sp³-hybridized carbons (Fsp3) is 0.524. The highest BCUT2D eigenvalue weighted by atomic mass is 32.1. The van der Waals surface area contributed by atoms with Gasteiger partial charge >= 0.3 is 12.4 Å². The van der Waals surface area contributed by atoms with Crippen LogP contribution in [0.1, 0.15) is 120 Å². The van der Waals surface area contributed by atoms with Crippen molar-refractivity contribution in [2.45, 2.75) is 166 Å². The van der Waals surface area contributed by atoms with Crippen LogP contribution in [-0.4, -0.2) is 101 Å². The lowest BCUT2D eigenvalue weighted by atomic mass is 9.33. The third kappa shape index (κ3) is 10.4. The first kappa shape index (κ1) is 56.4. The summed E-state index contributed by atoms with van der Waals surface area (Å²) in [6.07, 6.45) is 0.288. The summed E-state index contributed by atoms with van der Waals surface area (Å²) < 4.78 is 85.1. The highest BCUT2D eigenvalue weighted by molar-refractivity contribution is 7.19. The van der Waals surface area contributed by atoms with E-state index in [1.165, 1.54) is 23.0 Å². The summed E-state index contributed by atoms with van der Waals surface area (Å²) in [4.78, 5) is 24.9. The van der Waals surface area contributed by atoms with Crippen LogP contribution in [0, 0.1) is 53.3 Å². The van der Waals surface area contributed by atoms with Gasteiger partial charge in [0.05, 0.1) is 30.2 Å². The molecule has 2 aliphatic heterocycles. The van der Waals surface area contributed by atoms with Crippen LogP contribution in [0.3, 0.4) is 0 Å². The Morgan fingerprint density at radius 1 is 0.671 bits per heavy atom. The molecule has 0 radical (unpaired) electrons. The molecule has 4 bridgehead atoms. The van der Waals surface area contributed by atoms with Gasteiger partial charge in [-0.2, -0.15) is 36.9 Å². The van der Waals surface area contributed by atoms with E-state index in [4.69, 9.17) is 15.7 Å². The van der Waals surface area contributed by atoms with Crippen LogP contribution in [0.25, 0.3) is 42.2 Å². The molecule has 1 atom stereocenters. The zero-order valence-electron chi connectivity index (χ0n) is 47.9. The summed E-state index contributed by atoms with van der Waals surface area (Å²) in [6.45, 7) is 13.4. The van der Waals surface area contributed by atoms with Gasteiger partial charge in [0.15, 0.2) is 0 Å². The maximum Gasteiger partial charge on any atom is 0.393 e. The average Bonchev–Trinajstić information content (AvgIpc) is 0.803. The number of hydrogen-bond donors (Lipinski definition) is 4. The standard InChI is InChI=1S/C63H68F6N14S2/c1-36-39(4-6-51-47(36)18-43(24-70)82(51)17-12-58-29-60(72,30-58)31-58)27-81-15-10-42(11-16-81)77-55-50-21-46(23-63(67,68)69)85-57(50)79-53(78-55)26-75-61-32-59(33-61,38(61)3)34-83-44(25-71)19-48-37(2)40(5-7-52(48)83)28-80-13-8-41(9-14-80)76-54-49-20-45(22-62(64,65)66)84-56(49)74-35-73-54/h4-7,18-21,35,38,41-42,75H,8-17,22-23,26-34,72H2,1-3H3,(H,73,74,76)(H,77,78,79)/t38-,58?,59?,60?,61?/m0/s1. The zero-order valence-corrected chi connectivity index (χ0v) is 49.5. The highest BCUT2D eigenvalue weighted by Crippen LogP contribution is 2.72. The van der Waals surface area contributed by atoms with Crippen LogP contribution >= 0.6 is 22.7 Å². The van der Waals surface area contributed by atoms with Crippen molar-refractivity contribution in [2.24, 2.45) is 22.5 Å². The first-order valence-electron chi connectivity index (χ1n) is 29.8. The molecule has 6 aromatic heterocycles. The largest absolute Gasteiger partial charge is 0.393 e. The van der Waals surface area contributed by atoms with Crippen LogP contribution in [0.4, 0.5) is 38.0 Å². The van der Waals surface area contributed by atoms with Gasteiger partial charge in [-0.25, -0.2) is 19.9 Å². The molecule has 5 N–H and O–H groups in total. The Morgan fingerprint density at radius 2 is 1.20 bits per heavy atom. The molecule has 0 amide bonds. The smallest absolute Gasteiger partial charge is 0.367 e. The van der Waals surface area contributed by atoms with Crippen molar-refractivity contribution in [3.8, 4) is 12.1 Å². The molecule has 2 saturated heterocycles. The molecule has 0 spiro atoms. The number of nitriles is 2. The SMILES string of the molecule is Cc1c(CN2CCC(Nc3nc(CNC45CC(Cn6c(C#N)cc7c(C)c(CN8CCC(Nc9ncnc%10sc(CC(F)(F)F)cc9%10)CC8)ccc76)(C4)[C@@H]5C)nc4sc(CC(F)(F)F)cc34)CC2)ccc2c1cc(C#N)n2CCC12CC(N)(C1)C2. The Bertz CT molecular complexity index is 4000. The van der Waals surface area contributed by atoms with Gasteiger partial charge in [-0.3, -0.25) is 9.80 Å². The number of thiophene rings is 2. The van der Waals surface area contributed by atoms with Crippen LogP contribution < -0.4 is 21.7 Å². The molecule has 8 aliphatic rings. The van der Waals surface area contributed by atoms with Gasteiger partial charge in [-0.15, -0.1) is 22.7 Å². The Kier molecular flexibility index (Phi) is 13.7. The van der Waals surface area contributed by atoms with Crippen molar-refractivity contribution >= 4 is 76.5 Å². The van der Waals surface area contributed by atoms with Gasteiger partial charge in [0.25, 0.3) is 0 Å². The molecular formula is C63H68F6N14S2. The molecule has 444 valence electrons. The van der Waals surface area contributed by atoms with Crippen molar-refractivity contribution in [3.05, 3.63) is 104 Å². The Balaban J connectivity index is 0.598. The Hall–Kier alpha value is -6.40. The predicted molar refractivity (Wildman–Crippen MR) is 319 cm³/mol. The number of likely N-dealkylation sites (tertiary alicyclic amines) is 2. The first-order chi connectivity index (χ1) is 40.6. The van der Waals surface area contributed by atoms with Gasteiger partial charge in [-0.1, -0.05) is 19.1 Å². The summed E-state index contributed by atoms with van der Waals surface area (Å²) in [6, 6.07) is 21.1. The number of halogens is 6. The van der Waals surface area contributed by atoms with Crippen molar-refractivity contribution in [2.75, 3.05) is 36.8 Å². The number of alkyl halides is 6. The number of nitrogens with one attached hydrogen (secondary N) is 3. The quantitative estimate of drug-likeness (QED) is 0.0599. The van der Waals surface area contributed by atoms with Gasteiger partial charge in [0.2, 0.25) is 0 Å². The molecule has 0 unspecified atom stereocenters. The van der Waals surface area contributed by atoms with Gasteiger partial charge in [-0.05, 0) is 153 Å². The summed E-state index contributed by atoms with van der Waals surface area (Å²) in [5.41, 5.74) is 14.9. The van der Waals surface area contributed by atoms with Crippen molar-refractivity contribution in [1.82, 2.24) is 44.2 Å². The van der Waals surface area contributed by atoms with E-state index in [1.54, 1.807) is 12.1 Å². The molecule has 6 aliphatic carbocycles. The number of piperidine rings is 2. The number of aryl methyl sites for hydroxylation is 3. The van der Waals surface area contributed by atoms with Gasteiger partial charge in [0, 0.05) is 107 Å². The van der Waals surface area contributed by atoms with Gasteiger partial charge in [0.1, 0.15) is 57.0 Å². The van der Waals surface area contributed by atoms with E-state index in [2.05, 4.69) is 102 Å². The average molecular weight is 1200 g/mol. The molecule has 8 heterocycles. The number of hydrogen-bond acceptors (Lipinski definition) is 14. The first-order valence-corrected chi connectivity index (χ1v) is 31.4. The van der Waals surface area contributed by atoms with Crippen LogP contribution in [0.2, 0.25) is 0 Å². The van der Waals surface area contributed by atoms with Crippen molar-refractivity contribution in [1.29, 1.82) is 10.5 Å². The molecule has 22 heteroatoms. The minimum absolute atomic E-state index is 0.00275. The molecule has 85 heavy (non-hydrogen) atoms. The van der Waals surface area contributed by atoms with Crippen molar-refractivity contribution < 1.29 is 26.3 Å². The van der Waals surface area contributed by atoms with Crippen LogP contribution in [-0.2, 0) is 45.6 Å². The molecule has 6 saturated carbocycles. The highest BCUT2D eigenvalue weighted by Gasteiger charge is 2.73. The monoisotopic (exact) mass is 1200 g/mol. The van der Waals surface area contributed by atoms with Gasteiger partial charge < -0.3 is 30.8 Å². The fourth-order valence-electron chi connectivity index (χ4n) is 16.1. The predicted octanol–water partition coefficient (Wildman–Crippen LogP) is 12.6. The molecule has 8 fully saturated rings. The van der Waals surface area contributed by atoms with E-state index in [9.17, 15) is 36.9 Å². The van der Waals surface area contributed by atoms with Crippen molar-refractivity contribution in [3.63, 3.8) is 0 Å². The summed E-state index contributed by atoms with van der Waals surface area (Å²) in [7, 11) is 0. The lowest BCUT2D eigenvalue weighted by Crippen LogP contribution is -2.80. The van der Waals surface area contributed by atoms with E-state index in [0.717, 1.165) is 160 Å². The topological polar surface area (TPSA) is 178 Å². The van der Waals surface area contributed by atoms with E-state index in [0.29, 0.717) is 73.7 Å². The minimum Gasteiger partial charge on any atom is -0.367 e. The number of nitrogens with two attached hydrogens (primary N) is 1. The maximum absolute atomic E-state index is 13.8. The van der Waals surface area contributed by atoms with E-state index < -0.39 is 25.2 Å².